The summed E-state index contributed by atoms with van der Waals surface area (Å²) >= 11 is 0. The zero-order chi connectivity index (χ0) is 14.8. The maximum Gasteiger partial charge on any atom is 0.158 e. The van der Waals surface area contributed by atoms with Crippen LogP contribution < -0.4 is 5.32 Å². The van der Waals surface area contributed by atoms with E-state index in [2.05, 4.69) is 5.32 Å². The predicted octanol–water partition coefficient (Wildman–Crippen LogP) is 2.27. The number of hydrogen-bond acceptors (Lipinski definition) is 4. The highest BCUT2D eigenvalue weighted by Crippen LogP contribution is 2.19. The summed E-state index contributed by atoms with van der Waals surface area (Å²) in [5.74, 6) is 0. The summed E-state index contributed by atoms with van der Waals surface area (Å²) in [6, 6.07) is 9.97. The topological polar surface area (TPSA) is 50.7 Å². The molecule has 0 saturated heterocycles. The third-order valence-electron chi connectivity index (χ3n) is 3.33. The summed E-state index contributed by atoms with van der Waals surface area (Å²) in [4.78, 5) is 0. The van der Waals surface area contributed by atoms with Crippen molar-refractivity contribution in [2.24, 2.45) is 0 Å². The van der Waals surface area contributed by atoms with Crippen LogP contribution in [0.4, 0.5) is 0 Å². The molecule has 1 rings (SSSR count). The number of nitrogens with one attached hydrogen (secondary N) is 1. The lowest BCUT2D eigenvalue weighted by Crippen LogP contribution is -2.44. The molecule has 114 valence electrons. The predicted molar refractivity (Wildman–Crippen MR) is 80.5 cm³/mol. The molecule has 0 radical (unpaired) electrons. The van der Waals surface area contributed by atoms with Gasteiger partial charge < -0.3 is 19.9 Å². The number of aliphatic hydroxyl groups excluding tert-OH is 1. The van der Waals surface area contributed by atoms with Gasteiger partial charge in [0.2, 0.25) is 0 Å². The molecule has 0 heterocycles. The molecule has 0 fully saturated rings. The van der Waals surface area contributed by atoms with Crippen molar-refractivity contribution >= 4 is 0 Å². The van der Waals surface area contributed by atoms with Crippen molar-refractivity contribution in [2.45, 2.75) is 39.0 Å². The number of benzene rings is 1. The monoisotopic (exact) mass is 281 g/mol. The van der Waals surface area contributed by atoms with Crippen LogP contribution in [0.5, 0.6) is 0 Å². The molecule has 0 amide bonds. The van der Waals surface area contributed by atoms with Gasteiger partial charge >= 0.3 is 0 Å². The van der Waals surface area contributed by atoms with Gasteiger partial charge in [-0.15, -0.1) is 0 Å². The van der Waals surface area contributed by atoms with Gasteiger partial charge in [0, 0.05) is 26.2 Å². The first-order chi connectivity index (χ1) is 9.66. The smallest absolute Gasteiger partial charge is 0.158 e. The molecule has 4 heteroatoms. The number of ether oxygens (including phenoxy) is 2. The van der Waals surface area contributed by atoms with E-state index < -0.39 is 5.54 Å². The van der Waals surface area contributed by atoms with E-state index in [1.165, 1.54) is 0 Å². The number of hydrogen-bond donors (Lipinski definition) is 2. The van der Waals surface area contributed by atoms with Gasteiger partial charge in [0.15, 0.2) is 6.29 Å². The van der Waals surface area contributed by atoms with Gasteiger partial charge in [-0.1, -0.05) is 30.3 Å². The lowest BCUT2D eigenvalue weighted by Gasteiger charge is -2.30. The van der Waals surface area contributed by atoms with Gasteiger partial charge in [0.05, 0.1) is 12.1 Å². The first-order valence-corrected chi connectivity index (χ1v) is 7.31. The molecule has 0 spiro atoms. The van der Waals surface area contributed by atoms with E-state index in [4.69, 9.17) is 9.47 Å². The lowest BCUT2D eigenvalue weighted by molar-refractivity contribution is -0.139. The van der Waals surface area contributed by atoms with Crippen LogP contribution >= 0.6 is 0 Å². The molecule has 0 aromatic heterocycles. The van der Waals surface area contributed by atoms with Gasteiger partial charge in [-0.05, 0) is 26.3 Å². The quantitative estimate of drug-likeness (QED) is 0.646. The molecule has 20 heavy (non-hydrogen) atoms. The Kier molecular flexibility index (Phi) is 7.77. The second kappa shape index (κ2) is 9.08. The van der Waals surface area contributed by atoms with Gasteiger partial charge in [0.25, 0.3) is 0 Å². The Morgan fingerprint density at radius 1 is 1.15 bits per heavy atom. The first kappa shape index (κ1) is 17.1. The molecular formula is C16H27NO3. The molecule has 0 saturated carbocycles. The van der Waals surface area contributed by atoms with E-state index in [1.54, 1.807) is 0 Å². The summed E-state index contributed by atoms with van der Waals surface area (Å²) in [6.07, 6.45) is 0.570. The maximum atomic E-state index is 9.69. The number of rotatable bonds is 10. The van der Waals surface area contributed by atoms with Crippen molar-refractivity contribution in [3.63, 3.8) is 0 Å². The summed E-state index contributed by atoms with van der Waals surface area (Å²) in [5, 5.41) is 13.1. The van der Waals surface area contributed by atoms with Crippen LogP contribution in [-0.2, 0) is 15.0 Å². The van der Waals surface area contributed by atoms with Crippen molar-refractivity contribution in [1.29, 1.82) is 0 Å². The average Bonchev–Trinajstić information content (AvgIpc) is 2.48. The van der Waals surface area contributed by atoms with Crippen LogP contribution in [0.2, 0.25) is 0 Å². The average molecular weight is 281 g/mol. The highest BCUT2D eigenvalue weighted by atomic mass is 16.7. The fraction of sp³-hybridized carbons (Fsp3) is 0.625. The molecule has 2 N–H and O–H groups in total. The van der Waals surface area contributed by atoms with Crippen molar-refractivity contribution in [3.8, 4) is 0 Å². The molecule has 1 aromatic carbocycles. The zero-order valence-electron chi connectivity index (χ0n) is 12.8. The third kappa shape index (κ3) is 5.21. The van der Waals surface area contributed by atoms with Gasteiger partial charge in [-0.25, -0.2) is 0 Å². The highest BCUT2D eigenvalue weighted by molar-refractivity contribution is 5.23. The Balaban J connectivity index is 2.52. The molecule has 0 aliphatic rings. The fourth-order valence-electron chi connectivity index (χ4n) is 2.11. The second-order valence-corrected chi connectivity index (χ2v) is 4.91. The van der Waals surface area contributed by atoms with Crippen molar-refractivity contribution in [1.82, 2.24) is 5.32 Å². The molecule has 1 aromatic rings. The summed E-state index contributed by atoms with van der Waals surface area (Å²) in [7, 11) is 0. The maximum absolute atomic E-state index is 9.69. The van der Waals surface area contributed by atoms with Gasteiger partial charge in [-0.2, -0.15) is 0 Å². The summed E-state index contributed by atoms with van der Waals surface area (Å²) in [5.41, 5.74) is 0.636. The molecule has 0 aliphatic heterocycles. The molecule has 0 bridgehead atoms. The Hall–Kier alpha value is -0.940. The Morgan fingerprint density at radius 2 is 1.75 bits per heavy atom. The standard InChI is InChI=1S/C16H27NO3/c1-4-19-15(20-5-2)11-12-17-16(3,13-18)14-9-7-6-8-10-14/h6-10,15,17-18H,4-5,11-13H2,1-3H3. The molecular weight excluding hydrogens is 254 g/mol. The van der Waals surface area contributed by atoms with Crippen LogP contribution in [0, 0.1) is 0 Å². The van der Waals surface area contributed by atoms with Crippen molar-refractivity contribution < 1.29 is 14.6 Å². The van der Waals surface area contributed by atoms with Crippen molar-refractivity contribution in [3.05, 3.63) is 35.9 Å². The molecule has 4 nitrogen and oxygen atoms in total. The van der Waals surface area contributed by atoms with Gasteiger partial charge in [-0.3, -0.25) is 0 Å². The summed E-state index contributed by atoms with van der Waals surface area (Å²) in [6.45, 7) is 7.96. The third-order valence-corrected chi connectivity index (χ3v) is 3.33. The van der Waals surface area contributed by atoms with Gasteiger partial charge in [0.1, 0.15) is 0 Å². The fourth-order valence-corrected chi connectivity index (χ4v) is 2.11. The largest absolute Gasteiger partial charge is 0.394 e. The van der Waals surface area contributed by atoms with Crippen LogP contribution in [0.15, 0.2) is 30.3 Å². The van der Waals surface area contributed by atoms with E-state index in [9.17, 15) is 5.11 Å². The second-order valence-electron chi connectivity index (χ2n) is 4.91. The minimum absolute atomic E-state index is 0.0466. The van der Waals surface area contributed by atoms with E-state index in [-0.39, 0.29) is 12.9 Å². The number of aliphatic hydroxyl groups is 1. The van der Waals surface area contributed by atoms with Crippen LogP contribution in [0.1, 0.15) is 32.8 Å². The van der Waals surface area contributed by atoms with Crippen LogP contribution in [0.25, 0.3) is 0 Å². The Labute approximate surface area is 122 Å². The van der Waals surface area contributed by atoms with Crippen LogP contribution in [-0.4, -0.2) is 37.8 Å². The minimum Gasteiger partial charge on any atom is -0.394 e. The molecule has 0 aliphatic carbocycles. The Morgan fingerprint density at radius 3 is 2.25 bits per heavy atom. The lowest BCUT2D eigenvalue weighted by atomic mass is 9.93. The molecule has 1 unspecified atom stereocenters. The van der Waals surface area contributed by atoms with Crippen molar-refractivity contribution in [2.75, 3.05) is 26.4 Å². The normalized spacial score (nSPS) is 14.4. The minimum atomic E-state index is -0.440. The summed E-state index contributed by atoms with van der Waals surface area (Å²) < 4.78 is 11.0. The van der Waals surface area contributed by atoms with E-state index >= 15 is 0 Å². The zero-order valence-corrected chi connectivity index (χ0v) is 12.8. The van der Waals surface area contributed by atoms with E-state index in [1.807, 2.05) is 51.1 Å². The van der Waals surface area contributed by atoms with E-state index in [0.29, 0.717) is 13.2 Å². The first-order valence-electron chi connectivity index (χ1n) is 7.31. The van der Waals surface area contributed by atoms with Crippen LogP contribution in [0.3, 0.4) is 0 Å². The molecule has 1 atom stereocenters. The highest BCUT2D eigenvalue weighted by Gasteiger charge is 2.25. The van der Waals surface area contributed by atoms with E-state index in [0.717, 1.165) is 18.5 Å². The Bertz CT molecular complexity index is 352. The SMILES string of the molecule is CCOC(CCNC(C)(CO)c1ccccc1)OCC.